The second-order valence-electron chi connectivity index (χ2n) is 5.52. The zero-order valence-electron chi connectivity index (χ0n) is 13.2. The molecule has 1 aromatic carbocycles. The Kier molecular flexibility index (Phi) is 4.26. The zero-order valence-corrected chi connectivity index (χ0v) is 14.0. The summed E-state index contributed by atoms with van der Waals surface area (Å²) in [4.78, 5) is 11.4. The Morgan fingerprint density at radius 1 is 1.33 bits per heavy atom. The molecule has 0 aliphatic rings. The fraction of sp³-hybridized carbons (Fsp3) is 0.188. The van der Waals surface area contributed by atoms with Gasteiger partial charge in [0.25, 0.3) is 0 Å². The van der Waals surface area contributed by atoms with Crippen LogP contribution in [0.4, 0.5) is 17.2 Å². The SMILES string of the molecule is CC(C)Oc1cc(N)c(C=N)cc1Nc1ncnc2[nH]c(Cl)cc12. The summed E-state index contributed by atoms with van der Waals surface area (Å²) >= 11 is 6.00. The third-order valence-corrected chi connectivity index (χ3v) is 3.55. The van der Waals surface area contributed by atoms with Crippen molar-refractivity contribution in [2.24, 2.45) is 0 Å². The van der Waals surface area contributed by atoms with Crippen molar-refractivity contribution in [3.63, 3.8) is 0 Å². The molecule has 0 atom stereocenters. The minimum Gasteiger partial charge on any atom is -0.489 e. The number of aromatic amines is 1. The summed E-state index contributed by atoms with van der Waals surface area (Å²) < 4.78 is 5.82. The molecule has 0 saturated heterocycles. The van der Waals surface area contributed by atoms with E-state index in [-0.39, 0.29) is 6.10 Å². The number of H-pyrrole nitrogens is 1. The highest BCUT2D eigenvalue weighted by Crippen LogP contribution is 2.34. The monoisotopic (exact) mass is 344 g/mol. The Bertz CT molecular complexity index is 905. The number of rotatable bonds is 5. The molecule has 3 aromatic rings. The van der Waals surface area contributed by atoms with Gasteiger partial charge in [0.15, 0.2) is 0 Å². The minimum atomic E-state index is -0.0251. The Hall–Kier alpha value is -2.80. The van der Waals surface area contributed by atoms with Gasteiger partial charge in [-0.1, -0.05) is 11.6 Å². The molecule has 24 heavy (non-hydrogen) atoms. The molecule has 5 N–H and O–H groups in total. The van der Waals surface area contributed by atoms with Crippen molar-refractivity contribution in [1.82, 2.24) is 15.0 Å². The number of nitrogens with zero attached hydrogens (tertiary/aromatic N) is 2. The molecular formula is C16H17ClN6O. The van der Waals surface area contributed by atoms with Gasteiger partial charge in [-0.25, -0.2) is 9.97 Å². The summed E-state index contributed by atoms with van der Waals surface area (Å²) in [5, 5.41) is 11.9. The van der Waals surface area contributed by atoms with Gasteiger partial charge in [0.2, 0.25) is 0 Å². The van der Waals surface area contributed by atoms with Gasteiger partial charge in [-0.05, 0) is 26.0 Å². The molecule has 3 rings (SSSR count). The van der Waals surface area contributed by atoms with Crippen LogP contribution in [-0.4, -0.2) is 27.3 Å². The van der Waals surface area contributed by atoms with Gasteiger partial charge in [-0.3, -0.25) is 0 Å². The van der Waals surface area contributed by atoms with E-state index < -0.39 is 0 Å². The molecule has 0 amide bonds. The van der Waals surface area contributed by atoms with Crippen LogP contribution in [-0.2, 0) is 0 Å². The number of nitrogens with one attached hydrogen (secondary N) is 3. The van der Waals surface area contributed by atoms with Crippen LogP contribution in [0.5, 0.6) is 5.75 Å². The second kappa shape index (κ2) is 6.37. The van der Waals surface area contributed by atoms with Gasteiger partial charge in [-0.2, -0.15) is 0 Å². The standard InChI is InChI=1S/C16H17ClN6O/c1-8(2)24-13-5-11(19)9(6-18)3-12(13)22-15-10-4-14(17)23-16(10)21-7-20-15/h3-8,18H,19H2,1-2H3,(H2,20,21,22,23). The van der Waals surface area contributed by atoms with E-state index in [4.69, 9.17) is 27.5 Å². The number of fused-ring (bicyclic) bond motifs is 1. The number of ether oxygens (including phenoxy) is 1. The summed E-state index contributed by atoms with van der Waals surface area (Å²) in [6.07, 6.45) is 2.61. The molecule has 7 nitrogen and oxygen atoms in total. The van der Waals surface area contributed by atoms with Gasteiger partial charge in [-0.15, -0.1) is 0 Å². The highest BCUT2D eigenvalue weighted by molar-refractivity contribution is 6.30. The van der Waals surface area contributed by atoms with Crippen molar-refractivity contribution in [2.45, 2.75) is 20.0 Å². The molecular weight excluding hydrogens is 328 g/mol. The number of aromatic nitrogens is 3. The first-order valence-corrected chi connectivity index (χ1v) is 7.72. The lowest BCUT2D eigenvalue weighted by Crippen LogP contribution is -2.09. The molecule has 124 valence electrons. The number of nitrogens with two attached hydrogens (primary N) is 1. The first-order chi connectivity index (χ1) is 11.5. The second-order valence-corrected chi connectivity index (χ2v) is 5.92. The molecule has 0 spiro atoms. The summed E-state index contributed by atoms with van der Waals surface area (Å²) in [5.41, 5.74) is 8.31. The molecule has 0 radical (unpaired) electrons. The van der Waals surface area contributed by atoms with Crippen molar-refractivity contribution in [1.29, 1.82) is 5.41 Å². The lowest BCUT2D eigenvalue weighted by molar-refractivity contribution is 0.244. The Balaban J connectivity index is 2.08. The van der Waals surface area contributed by atoms with Crippen LogP contribution >= 0.6 is 11.6 Å². The maximum atomic E-state index is 7.49. The predicted octanol–water partition coefficient (Wildman–Crippen LogP) is 3.72. The average molecular weight is 345 g/mol. The molecule has 2 aromatic heterocycles. The maximum Gasteiger partial charge on any atom is 0.145 e. The predicted molar refractivity (Wildman–Crippen MR) is 96.7 cm³/mol. The molecule has 0 bridgehead atoms. The first kappa shape index (κ1) is 16.1. The number of halogens is 1. The van der Waals surface area contributed by atoms with E-state index in [1.807, 2.05) is 13.8 Å². The molecule has 0 fully saturated rings. The van der Waals surface area contributed by atoms with Crippen LogP contribution in [0, 0.1) is 5.41 Å². The number of benzene rings is 1. The number of hydrogen-bond acceptors (Lipinski definition) is 6. The van der Waals surface area contributed by atoms with Gasteiger partial charge < -0.3 is 26.2 Å². The quantitative estimate of drug-likeness (QED) is 0.416. The van der Waals surface area contributed by atoms with Crippen LogP contribution in [0.3, 0.4) is 0 Å². The fourth-order valence-corrected chi connectivity index (χ4v) is 2.52. The minimum absolute atomic E-state index is 0.0251. The van der Waals surface area contributed by atoms with Crippen molar-refractivity contribution >= 4 is 46.0 Å². The Morgan fingerprint density at radius 3 is 2.83 bits per heavy atom. The van der Waals surface area contributed by atoms with E-state index >= 15 is 0 Å². The van der Waals surface area contributed by atoms with Crippen molar-refractivity contribution in [2.75, 3.05) is 11.1 Å². The number of anilines is 3. The third-order valence-electron chi connectivity index (χ3n) is 3.35. The molecule has 0 aliphatic carbocycles. The lowest BCUT2D eigenvalue weighted by atomic mass is 10.1. The van der Waals surface area contributed by atoms with Crippen LogP contribution in [0.1, 0.15) is 19.4 Å². The normalized spacial score (nSPS) is 11.0. The first-order valence-electron chi connectivity index (χ1n) is 7.35. The average Bonchev–Trinajstić information content (AvgIpc) is 2.90. The Morgan fingerprint density at radius 2 is 2.12 bits per heavy atom. The molecule has 8 heteroatoms. The van der Waals surface area contributed by atoms with Crippen LogP contribution in [0.15, 0.2) is 24.5 Å². The number of nitrogen functional groups attached to an aromatic ring is 1. The Labute approximate surface area is 143 Å². The highest BCUT2D eigenvalue weighted by Gasteiger charge is 2.13. The molecule has 2 heterocycles. The van der Waals surface area contributed by atoms with E-state index in [0.29, 0.717) is 39.3 Å². The van der Waals surface area contributed by atoms with Crippen LogP contribution in [0.2, 0.25) is 5.15 Å². The van der Waals surface area contributed by atoms with Crippen molar-refractivity contribution < 1.29 is 4.74 Å². The maximum absolute atomic E-state index is 7.49. The van der Waals surface area contributed by atoms with E-state index in [0.717, 1.165) is 5.39 Å². The fourth-order valence-electron chi connectivity index (χ4n) is 2.32. The summed E-state index contributed by atoms with van der Waals surface area (Å²) in [7, 11) is 0. The van der Waals surface area contributed by atoms with E-state index in [9.17, 15) is 0 Å². The summed E-state index contributed by atoms with van der Waals surface area (Å²) in [6.45, 7) is 3.86. The topological polar surface area (TPSA) is 113 Å². The van der Waals surface area contributed by atoms with Crippen LogP contribution < -0.4 is 15.8 Å². The van der Waals surface area contributed by atoms with E-state index in [1.54, 1.807) is 18.2 Å². The van der Waals surface area contributed by atoms with Gasteiger partial charge in [0.1, 0.15) is 28.7 Å². The van der Waals surface area contributed by atoms with Gasteiger partial charge in [0, 0.05) is 23.5 Å². The van der Waals surface area contributed by atoms with E-state index in [1.165, 1.54) is 12.5 Å². The van der Waals surface area contributed by atoms with Crippen LogP contribution in [0.25, 0.3) is 11.0 Å². The van der Waals surface area contributed by atoms with Crippen molar-refractivity contribution in [3.8, 4) is 5.75 Å². The highest BCUT2D eigenvalue weighted by atomic mass is 35.5. The van der Waals surface area contributed by atoms with Gasteiger partial charge in [0.05, 0.1) is 17.2 Å². The van der Waals surface area contributed by atoms with E-state index in [2.05, 4.69) is 20.3 Å². The van der Waals surface area contributed by atoms with Gasteiger partial charge >= 0.3 is 0 Å². The smallest absolute Gasteiger partial charge is 0.145 e. The lowest BCUT2D eigenvalue weighted by Gasteiger charge is -2.17. The molecule has 0 saturated carbocycles. The number of hydrogen-bond donors (Lipinski definition) is 4. The summed E-state index contributed by atoms with van der Waals surface area (Å²) in [5.74, 6) is 1.17. The zero-order chi connectivity index (χ0) is 17.3. The molecule has 0 aliphatic heterocycles. The summed E-state index contributed by atoms with van der Waals surface area (Å²) in [6, 6.07) is 5.20. The third kappa shape index (κ3) is 3.11. The largest absolute Gasteiger partial charge is 0.489 e. The van der Waals surface area contributed by atoms with Crippen molar-refractivity contribution in [3.05, 3.63) is 35.2 Å². The molecule has 0 unspecified atom stereocenters.